The average Bonchev–Trinajstić information content (AvgIpc) is 0.816. The Morgan fingerprint density at radius 1 is 0.183 bits per heavy atom. The fraction of sp³-hybridized carbons (Fsp3) is 0.181. The van der Waals surface area contributed by atoms with Gasteiger partial charge in [0.1, 0.15) is 0 Å². The molecule has 1 nitrogen and oxygen atoms in total. The smallest absolute Gasteiger partial charge is 0.0297 e. The van der Waals surface area contributed by atoms with Crippen molar-refractivity contribution >= 4 is 0 Å². The van der Waals surface area contributed by atoms with Gasteiger partial charge in [-0.3, -0.25) is 4.98 Å². The van der Waals surface area contributed by atoms with Gasteiger partial charge in [0.15, 0.2) is 0 Å². The number of pyridine rings is 1. The van der Waals surface area contributed by atoms with Gasteiger partial charge < -0.3 is 0 Å². The molecule has 1 aromatic heterocycles. The predicted octanol–water partition coefficient (Wildman–Crippen LogP) is 31.9. The molecule has 0 aliphatic heterocycles. The molecule has 0 amide bonds. The second-order valence-electron chi connectivity index (χ2n) is 28.9. The van der Waals surface area contributed by atoms with Crippen LogP contribution in [0.15, 0.2) is 382 Å². The zero-order chi connectivity index (χ0) is 84.5. The van der Waals surface area contributed by atoms with Crippen LogP contribution in [0, 0.1) is 175 Å². The van der Waals surface area contributed by atoms with Gasteiger partial charge in [0.25, 0.3) is 0 Å². The molecule has 4 heteroatoms. The van der Waals surface area contributed by atoms with Gasteiger partial charge in [0.05, 0.1) is 0 Å². The van der Waals surface area contributed by atoms with Gasteiger partial charge in [-0.15, -0.1) is 0 Å². The Morgan fingerprint density at radius 2 is 0.458 bits per heavy atom. The van der Waals surface area contributed by atoms with Crippen LogP contribution in [0.25, 0.3) is 33.4 Å². The minimum Gasteiger partial charge on any atom is -0.264 e. The Labute approximate surface area is 803 Å². The predicted molar refractivity (Wildman–Crippen MR) is 512 cm³/mol. The van der Waals surface area contributed by atoms with Crippen LogP contribution >= 0.6 is 0 Å². The largest absolute Gasteiger partial charge is 0.264 e. The molecule has 0 unspecified atom stereocenters. The van der Waals surface area contributed by atoms with E-state index in [9.17, 15) is 0 Å². The standard InChI is InChI=1S/3C14H14.3C8H10.C7H9N.6C7H7.CH4.3Y/c1-11-3-7-13(8-4-11)14-9-5-12(2)6-10-14;1-11-5-3-7-13(9-11)14-8-4-6-12(2)10-14;1-11-7-3-5-9-13(11)14-10-6-4-8-12(14)2;1-7-3-5-8(2)6-4-7;1-7-4-3-5-8(2)6-7;1-7-5-3-4-6-8(7)2;1-6-3-7(2)5-8-4-6;6*1-7-5-3-2-4-6-7;;;;/h3*3-10H,1-2H3;3*3-6H,1-2H3;3-5H,1-2H3;2*3-6H,1H3;2*2-3,5-6H,1H3;2*2-5H,1H3;1H4;;;/q;;;;;;;6*-1;;;;. The molecule has 16 rings (SSSR count). The van der Waals surface area contributed by atoms with Gasteiger partial charge in [-0.2, -0.15) is 215 Å². The molecule has 15 aromatic carbocycles. The molecule has 0 aliphatic carbocycles. The SMILES string of the molecule is C.Cc1[c-]cccc1.Cc1[c-]cccc1.Cc1c[c-]ccc1.Cc1c[c-]ccc1.Cc1cc[c-]cc1.Cc1cc[c-]cc1.Cc1ccc(-c2ccc(C)cc2)cc1.Cc1ccc(C)cc1.Cc1cccc(-c2cccc(C)c2)c1.Cc1cccc(C)c1.Cc1ccccc1-c1ccccc1C.Cc1ccccc1C.Cc1cncc(C)c1.[Y].[Y].[Y]. The van der Waals surface area contributed by atoms with Gasteiger partial charge in [-0.1, -0.05) is 318 Å². The normalized spacial score (nSPS) is 9.07. The Morgan fingerprint density at radius 3 is 0.667 bits per heavy atom. The summed E-state index contributed by atoms with van der Waals surface area (Å²) >= 11 is 0. The topological polar surface area (TPSA) is 12.9 Å². The Balaban J connectivity index is 0.00000129. The van der Waals surface area contributed by atoms with Crippen molar-refractivity contribution in [1.82, 2.24) is 4.98 Å². The van der Waals surface area contributed by atoms with Crippen molar-refractivity contribution in [2.45, 2.75) is 146 Å². The van der Waals surface area contributed by atoms with Crippen molar-refractivity contribution in [3.8, 4) is 33.4 Å². The molecule has 611 valence electrons. The van der Waals surface area contributed by atoms with Gasteiger partial charge in [0.2, 0.25) is 0 Å². The first kappa shape index (κ1) is 111. The van der Waals surface area contributed by atoms with Gasteiger partial charge >= 0.3 is 0 Å². The maximum atomic E-state index is 3.98. The summed E-state index contributed by atoms with van der Waals surface area (Å²) in [5, 5.41) is 0. The summed E-state index contributed by atoms with van der Waals surface area (Å²) < 4.78 is 0. The van der Waals surface area contributed by atoms with E-state index in [1.54, 1.807) is 0 Å². The summed E-state index contributed by atoms with van der Waals surface area (Å²) in [6.45, 7) is 41.8. The van der Waals surface area contributed by atoms with Crippen LogP contribution in [-0.4, -0.2) is 4.98 Å². The molecule has 16 aromatic rings. The molecule has 0 N–H and O–H groups in total. The van der Waals surface area contributed by atoms with Crippen molar-refractivity contribution in [2.24, 2.45) is 0 Å². The number of rotatable bonds is 3. The zero-order valence-electron chi connectivity index (χ0n) is 74.6. The Hall–Kier alpha value is -9.24. The molecule has 0 atom stereocenters. The summed E-state index contributed by atoms with van der Waals surface area (Å²) in [5.74, 6) is 0. The van der Waals surface area contributed by atoms with Gasteiger partial charge in [-0.05, 0) is 164 Å². The maximum Gasteiger partial charge on any atom is 0.0297 e. The number of aromatic nitrogens is 1. The molecule has 1 heterocycles. The quantitative estimate of drug-likeness (QED) is 0.161. The van der Waals surface area contributed by atoms with Gasteiger partial charge in [-0.25, -0.2) is 0 Å². The van der Waals surface area contributed by atoms with E-state index in [-0.39, 0.29) is 106 Å². The number of nitrogens with zero attached hydrogens (tertiary/aromatic N) is 1. The first-order chi connectivity index (χ1) is 55.8. The number of benzene rings is 15. The molecule has 0 saturated heterocycles. The van der Waals surface area contributed by atoms with E-state index in [1.165, 1.54) is 145 Å². The van der Waals surface area contributed by atoms with Crippen molar-refractivity contribution in [1.29, 1.82) is 0 Å². The van der Waals surface area contributed by atoms with Crippen molar-refractivity contribution in [3.05, 3.63) is 530 Å². The van der Waals surface area contributed by atoms with E-state index >= 15 is 0 Å². The van der Waals surface area contributed by atoms with Crippen LogP contribution in [0.5, 0.6) is 0 Å². The molecule has 0 aliphatic rings. The molecule has 0 fully saturated rings. The van der Waals surface area contributed by atoms with E-state index in [0.717, 1.165) is 0 Å². The third-order valence-electron chi connectivity index (χ3n) is 17.4. The summed E-state index contributed by atoms with van der Waals surface area (Å²) in [4.78, 5) is 3.98. The second kappa shape index (κ2) is 67.4. The van der Waals surface area contributed by atoms with Crippen LogP contribution in [0.4, 0.5) is 0 Å². The van der Waals surface area contributed by atoms with E-state index in [4.69, 9.17) is 0 Å². The van der Waals surface area contributed by atoms with Crippen LogP contribution in [0.1, 0.15) is 119 Å². The van der Waals surface area contributed by atoms with Gasteiger partial charge in [0, 0.05) is 111 Å². The van der Waals surface area contributed by atoms with E-state index in [0.29, 0.717) is 0 Å². The monoisotopic (exact) mass is 1800 g/mol. The number of hydrogen-bond acceptors (Lipinski definition) is 1. The fourth-order valence-corrected chi connectivity index (χ4v) is 10.6. The second-order valence-corrected chi connectivity index (χ2v) is 28.9. The van der Waals surface area contributed by atoms with E-state index < -0.39 is 0 Å². The first-order valence-electron chi connectivity index (χ1n) is 39.8. The molecule has 0 bridgehead atoms. The third-order valence-corrected chi connectivity index (χ3v) is 17.4. The third kappa shape index (κ3) is 53.4. The Bertz CT molecular complexity index is 4620. The van der Waals surface area contributed by atoms with Crippen LogP contribution in [0.2, 0.25) is 0 Å². The van der Waals surface area contributed by atoms with E-state index in [2.05, 4.69) is 389 Å². The van der Waals surface area contributed by atoms with Crippen LogP contribution in [-0.2, 0) is 98.1 Å². The molecular weight excluding hydrogens is 1670 g/mol. The molecule has 120 heavy (non-hydrogen) atoms. The molecular formula is C116H127NY3-6. The zero-order valence-corrected chi connectivity index (χ0v) is 83.1. The first-order valence-corrected chi connectivity index (χ1v) is 39.8. The van der Waals surface area contributed by atoms with Crippen molar-refractivity contribution in [3.63, 3.8) is 0 Å². The van der Waals surface area contributed by atoms with Crippen molar-refractivity contribution < 1.29 is 98.1 Å². The van der Waals surface area contributed by atoms with Crippen molar-refractivity contribution in [2.75, 3.05) is 0 Å². The number of aryl methyl sites for hydroxylation is 20. The molecule has 3 radical (unpaired) electrons. The van der Waals surface area contributed by atoms with Crippen LogP contribution in [0.3, 0.4) is 0 Å². The molecule has 0 spiro atoms. The summed E-state index contributed by atoms with van der Waals surface area (Å²) in [7, 11) is 0. The number of hydrogen-bond donors (Lipinski definition) is 0. The van der Waals surface area contributed by atoms with E-state index in [1.807, 2.05) is 174 Å². The minimum atomic E-state index is 0. The Kier molecular flexibility index (Phi) is 62.2. The maximum absolute atomic E-state index is 3.98. The summed E-state index contributed by atoms with van der Waals surface area (Å²) in [6.07, 6.45) is 3.71. The minimum absolute atomic E-state index is 0. The fourth-order valence-electron chi connectivity index (χ4n) is 10.6. The summed E-state index contributed by atoms with van der Waals surface area (Å²) in [5.41, 5.74) is 33.8. The summed E-state index contributed by atoms with van der Waals surface area (Å²) in [6, 6.07) is 144. The molecule has 0 saturated carbocycles. The average molecular weight is 1800 g/mol. The van der Waals surface area contributed by atoms with Crippen LogP contribution < -0.4 is 0 Å².